The second-order valence-electron chi connectivity index (χ2n) is 7.23. The van der Waals surface area contributed by atoms with Gasteiger partial charge in [0, 0.05) is 6.54 Å². The Morgan fingerprint density at radius 3 is 2.62 bits per heavy atom. The summed E-state index contributed by atoms with van der Waals surface area (Å²) in [5.74, 6) is 0.631. The summed E-state index contributed by atoms with van der Waals surface area (Å²) in [6, 6.07) is 20.1. The van der Waals surface area contributed by atoms with Crippen LogP contribution in [0, 0.1) is 5.82 Å². The molecule has 8 heteroatoms. The molecule has 2 aromatic carbocycles. The van der Waals surface area contributed by atoms with E-state index in [1.54, 1.807) is 43.5 Å². The van der Waals surface area contributed by atoms with E-state index in [2.05, 4.69) is 15.5 Å². The third-order valence-electron chi connectivity index (χ3n) is 4.97. The molecule has 0 bridgehead atoms. The van der Waals surface area contributed by atoms with Crippen molar-refractivity contribution in [3.8, 4) is 11.4 Å². The van der Waals surface area contributed by atoms with Crippen molar-refractivity contribution < 1.29 is 13.6 Å². The topological polar surface area (TPSA) is 73.0 Å². The molecule has 164 valence electrons. The Morgan fingerprint density at radius 2 is 1.88 bits per heavy atom. The van der Waals surface area contributed by atoms with Crippen molar-refractivity contribution in [1.82, 2.24) is 20.1 Å². The van der Waals surface area contributed by atoms with Crippen molar-refractivity contribution >= 4 is 17.7 Å². The minimum atomic E-state index is -0.418. The largest absolute Gasteiger partial charge is 0.467 e. The molecule has 32 heavy (non-hydrogen) atoms. The number of amides is 1. The molecule has 0 spiro atoms. The minimum absolute atomic E-state index is 0.142. The van der Waals surface area contributed by atoms with E-state index in [1.165, 1.54) is 17.8 Å². The molecule has 4 rings (SSSR count). The maximum atomic E-state index is 14.5. The summed E-state index contributed by atoms with van der Waals surface area (Å²) < 4.78 is 21.6. The summed E-state index contributed by atoms with van der Waals surface area (Å²) in [4.78, 5) is 12.6. The summed E-state index contributed by atoms with van der Waals surface area (Å²) >= 11 is 1.30. The van der Waals surface area contributed by atoms with Crippen LogP contribution in [0.25, 0.3) is 11.4 Å². The Hall–Kier alpha value is -3.39. The zero-order valence-electron chi connectivity index (χ0n) is 17.6. The van der Waals surface area contributed by atoms with Gasteiger partial charge < -0.3 is 14.3 Å². The number of nitrogens with one attached hydrogen (secondary N) is 1. The molecular weight excluding hydrogens is 427 g/mol. The van der Waals surface area contributed by atoms with Gasteiger partial charge in [-0.25, -0.2) is 4.39 Å². The molecule has 6 nitrogen and oxygen atoms in total. The van der Waals surface area contributed by atoms with E-state index in [0.29, 0.717) is 35.4 Å². The molecule has 0 saturated heterocycles. The number of rotatable bonds is 9. The smallest absolute Gasteiger partial charge is 0.233 e. The van der Waals surface area contributed by atoms with Crippen LogP contribution in [0.3, 0.4) is 0 Å². The normalized spacial score (nSPS) is 11.9. The van der Waals surface area contributed by atoms with Gasteiger partial charge in [0.1, 0.15) is 11.6 Å². The van der Waals surface area contributed by atoms with Gasteiger partial charge >= 0.3 is 0 Å². The Kier molecular flexibility index (Phi) is 7.01. The third kappa shape index (κ3) is 5.26. The fraction of sp³-hybridized carbons (Fsp3) is 0.208. The highest BCUT2D eigenvalue weighted by atomic mass is 32.2. The number of aromatic nitrogens is 3. The van der Waals surface area contributed by atoms with E-state index in [9.17, 15) is 9.18 Å². The first kappa shape index (κ1) is 21.8. The Morgan fingerprint density at radius 1 is 1.09 bits per heavy atom. The van der Waals surface area contributed by atoms with Gasteiger partial charge in [-0.05, 0) is 43.2 Å². The van der Waals surface area contributed by atoms with Gasteiger partial charge in [-0.3, -0.25) is 4.79 Å². The molecule has 0 saturated carbocycles. The number of thioether (sulfide) groups is 1. The van der Waals surface area contributed by atoms with Crippen molar-refractivity contribution in [1.29, 1.82) is 0 Å². The highest BCUT2D eigenvalue weighted by Gasteiger charge is 2.22. The molecule has 0 aliphatic heterocycles. The van der Waals surface area contributed by atoms with Gasteiger partial charge in [0.05, 0.1) is 23.6 Å². The van der Waals surface area contributed by atoms with Crippen LogP contribution in [-0.4, -0.2) is 25.9 Å². The molecular formula is C24H23FN4O2S. The lowest BCUT2D eigenvalue weighted by molar-refractivity contribution is -0.120. The van der Waals surface area contributed by atoms with Gasteiger partial charge in [0.25, 0.3) is 0 Å². The lowest BCUT2D eigenvalue weighted by Gasteiger charge is -2.14. The highest BCUT2D eigenvalue weighted by molar-refractivity contribution is 8.00. The van der Waals surface area contributed by atoms with E-state index in [1.807, 2.05) is 34.9 Å². The lowest BCUT2D eigenvalue weighted by Crippen LogP contribution is -2.30. The van der Waals surface area contributed by atoms with E-state index in [4.69, 9.17) is 4.42 Å². The molecule has 0 fully saturated rings. The number of furan rings is 1. The third-order valence-corrected chi connectivity index (χ3v) is 6.05. The van der Waals surface area contributed by atoms with Crippen molar-refractivity contribution in [2.45, 2.75) is 36.8 Å². The van der Waals surface area contributed by atoms with Crippen LogP contribution < -0.4 is 5.32 Å². The van der Waals surface area contributed by atoms with Crippen LogP contribution in [0.15, 0.2) is 82.6 Å². The van der Waals surface area contributed by atoms with E-state index in [0.717, 1.165) is 12.0 Å². The first-order valence-corrected chi connectivity index (χ1v) is 11.2. The first-order valence-electron chi connectivity index (χ1n) is 10.3. The summed E-state index contributed by atoms with van der Waals surface area (Å²) in [6.45, 7) is 2.68. The van der Waals surface area contributed by atoms with E-state index >= 15 is 0 Å². The van der Waals surface area contributed by atoms with Crippen molar-refractivity contribution in [3.63, 3.8) is 0 Å². The number of benzene rings is 2. The molecule has 0 aliphatic rings. The maximum Gasteiger partial charge on any atom is 0.233 e. The monoisotopic (exact) mass is 450 g/mol. The van der Waals surface area contributed by atoms with Gasteiger partial charge in [0.2, 0.25) is 5.91 Å². The average Bonchev–Trinajstić information content (AvgIpc) is 3.47. The molecule has 1 N–H and O–H groups in total. The molecule has 4 aromatic rings. The second-order valence-corrected chi connectivity index (χ2v) is 8.54. The minimum Gasteiger partial charge on any atom is -0.467 e. The van der Waals surface area contributed by atoms with Gasteiger partial charge in [-0.2, -0.15) is 0 Å². The lowest BCUT2D eigenvalue weighted by atomic mass is 10.1. The molecule has 0 radical (unpaired) electrons. The summed E-state index contributed by atoms with van der Waals surface area (Å²) in [7, 11) is 0. The number of nitrogens with zero attached hydrogens (tertiary/aromatic N) is 3. The zero-order valence-corrected chi connectivity index (χ0v) is 18.4. The summed E-state index contributed by atoms with van der Waals surface area (Å²) in [5, 5.41) is 11.6. The van der Waals surface area contributed by atoms with Crippen LogP contribution >= 0.6 is 11.8 Å². The fourth-order valence-electron chi connectivity index (χ4n) is 3.25. The standard InChI is InChI=1S/C24H23FN4O2S/c1-17(23(30)26-16-19-10-7-15-31-19)32-24-28-27-22(20-11-5-6-12-21(20)25)29(24)14-13-18-8-3-2-4-9-18/h2-12,15,17H,13-14,16H2,1H3,(H,26,30). The van der Waals surface area contributed by atoms with Crippen molar-refractivity contribution in [2.75, 3.05) is 0 Å². The number of hydrogen-bond acceptors (Lipinski definition) is 5. The highest BCUT2D eigenvalue weighted by Crippen LogP contribution is 2.28. The summed E-state index contributed by atoms with van der Waals surface area (Å²) in [6.07, 6.45) is 2.30. The van der Waals surface area contributed by atoms with Crippen LogP contribution in [0.5, 0.6) is 0 Å². The Balaban J connectivity index is 1.53. The van der Waals surface area contributed by atoms with Crippen LogP contribution in [0.4, 0.5) is 4.39 Å². The SMILES string of the molecule is CC(Sc1nnc(-c2ccccc2F)n1CCc1ccccc1)C(=O)NCc1ccco1. The Bertz CT molecular complexity index is 1160. The van der Waals surface area contributed by atoms with Crippen LogP contribution in [0.1, 0.15) is 18.2 Å². The molecule has 1 amide bonds. The molecule has 2 aromatic heterocycles. The van der Waals surface area contributed by atoms with Crippen LogP contribution in [-0.2, 0) is 24.3 Å². The fourth-order valence-corrected chi connectivity index (χ4v) is 4.15. The molecule has 0 aliphatic carbocycles. The zero-order chi connectivity index (χ0) is 22.3. The first-order chi connectivity index (χ1) is 15.6. The maximum absolute atomic E-state index is 14.5. The number of carbonyl (C=O) groups excluding carboxylic acids is 1. The predicted molar refractivity (Wildman–Crippen MR) is 121 cm³/mol. The van der Waals surface area contributed by atoms with Gasteiger partial charge in [-0.1, -0.05) is 54.2 Å². The molecule has 2 heterocycles. The van der Waals surface area contributed by atoms with Crippen molar-refractivity contribution in [3.05, 3.63) is 90.1 Å². The molecule has 1 atom stereocenters. The molecule has 1 unspecified atom stereocenters. The number of carbonyl (C=O) groups is 1. The summed E-state index contributed by atoms with van der Waals surface area (Å²) in [5.41, 5.74) is 1.54. The Labute approximate surface area is 189 Å². The quantitative estimate of drug-likeness (QED) is 0.374. The van der Waals surface area contributed by atoms with E-state index < -0.39 is 5.25 Å². The van der Waals surface area contributed by atoms with Gasteiger partial charge in [-0.15, -0.1) is 10.2 Å². The number of hydrogen-bond donors (Lipinski definition) is 1. The van der Waals surface area contributed by atoms with Gasteiger partial charge in [0.15, 0.2) is 11.0 Å². The number of halogens is 1. The van der Waals surface area contributed by atoms with Crippen LogP contribution in [0.2, 0.25) is 0 Å². The van der Waals surface area contributed by atoms with E-state index in [-0.39, 0.29) is 11.7 Å². The number of aryl methyl sites for hydroxylation is 1. The second kappa shape index (κ2) is 10.3. The average molecular weight is 451 g/mol. The predicted octanol–water partition coefficient (Wildman–Crippen LogP) is 4.72. The van der Waals surface area contributed by atoms with Crippen molar-refractivity contribution in [2.24, 2.45) is 0 Å².